The third-order valence-corrected chi connectivity index (χ3v) is 2.27. The molecular formula is C12H18O. The van der Waals surface area contributed by atoms with E-state index in [0.717, 1.165) is 12.8 Å². The molecule has 0 atom stereocenters. The number of aliphatic hydroxyl groups excluding tert-OH is 1. The highest BCUT2D eigenvalue weighted by atomic mass is 16.2. The molecule has 0 saturated carbocycles. The minimum Gasteiger partial charge on any atom is -0.396 e. The lowest BCUT2D eigenvalue weighted by Crippen LogP contribution is -1.91. The number of rotatable bonds is 4. The molecule has 0 bridgehead atoms. The maximum Gasteiger partial charge on any atom is 0.0434 e. The van der Waals surface area contributed by atoms with E-state index in [1.54, 1.807) is 0 Å². The van der Waals surface area contributed by atoms with Crippen molar-refractivity contribution in [2.24, 2.45) is 0 Å². The molecule has 0 heterocycles. The van der Waals surface area contributed by atoms with E-state index >= 15 is 0 Å². The highest BCUT2D eigenvalue weighted by molar-refractivity contribution is 5.24. The van der Waals surface area contributed by atoms with Gasteiger partial charge in [-0.2, -0.15) is 0 Å². The molecule has 0 aromatic heterocycles. The normalized spacial score (nSPS) is 10.8. The molecule has 0 fully saturated rings. The van der Waals surface area contributed by atoms with Crippen LogP contribution in [0.3, 0.4) is 0 Å². The van der Waals surface area contributed by atoms with Crippen LogP contribution in [-0.4, -0.2) is 11.7 Å². The second-order valence-corrected chi connectivity index (χ2v) is 3.72. The zero-order valence-electron chi connectivity index (χ0n) is 8.46. The molecular weight excluding hydrogens is 160 g/mol. The SMILES string of the molecule is CC(C)c1ccc(CCCO)cc1. The summed E-state index contributed by atoms with van der Waals surface area (Å²) < 4.78 is 0. The first-order valence-electron chi connectivity index (χ1n) is 4.93. The first kappa shape index (κ1) is 10.3. The topological polar surface area (TPSA) is 20.2 Å². The molecule has 72 valence electrons. The molecule has 1 heteroatoms. The van der Waals surface area contributed by atoms with Crippen molar-refractivity contribution in [1.29, 1.82) is 0 Å². The largest absolute Gasteiger partial charge is 0.396 e. The molecule has 0 aliphatic rings. The van der Waals surface area contributed by atoms with Crippen LogP contribution in [-0.2, 0) is 6.42 Å². The molecule has 1 nitrogen and oxygen atoms in total. The summed E-state index contributed by atoms with van der Waals surface area (Å²) in [4.78, 5) is 0. The van der Waals surface area contributed by atoms with Crippen molar-refractivity contribution in [3.05, 3.63) is 35.4 Å². The molecule has 0 saturated heterocycles. The number of aliphatic hydroxyl groups is 1. The van der Waals surface area contributed by atoms with Gasteiger partial charge in [-0.3, -0.25) is 0 Å². The molecule has 0 unspecified atom stereocenters. The molecule has 1 aromatic carbocycles. The van der Waals surface area contributed by atoms with Gasteiger partial charge < -0.3 is 5.11 Å². The van der Waals surface area contributed by atoms with Gasteiger partial charge in [-0.1, -0.05) is 38.1 Å². The summed E-state index contributed by atoms with van der Waals surface area (Å²) in [6, 6.07) is 8.67. The Morgan fingerprint density at radius 2 is 1.77 bits per heavy atom. The second-order valence-electron chi connectivity index (χ2n) is 3.72. The Balaban J connectivity index is 2.59. The van der Waals surface area contributed by atoms with E-state index in [9.17, 15) is 0 Å². The van der Waals surface area contributed by atoms with E-state index in [1.807, 2.05) is 0 Å². The first-order valence-corrected chi connectivity index (χ1v) is 4.93. The number of hydrogen-bond acceptors (Lipinski definition) is 1. The van der Waals surface area contributed by atoms with Crippen molar-refractivity contribution in [3.8, 4) is 0 Å². The molecule has 0 spiro atoms. The highest BCUT2D eigenvalue weighted by Crippen LogP contribution is 2.15. The van der Waals surface area contributed by atoms with Crippen LogP contribution < -0.4 is 0 Å². The predicted octanol–water partition coefficient (Wildman–Crippen LogP) is 2.73. The van der Waals surface area contributed by atoms with Gasteiger partial charge in [-0.15, -0.1) is 0 Å². The standard InChI is InChI=1S/C12H18O/c1-10(2)12-7-5-11(6-8-12)4-3-9-13/h5-8,10,13H,3-4,9H2,1-2H3. The van der Waals surface area contributed by atoms with Crippen LogP contribution in [0.5, 0.6) is 0 Å². The zero-order chi connectivity index (χ0) is 9.68. The van der Waals surface area contributed by atoms with Crippen molar-refractivity contribution in [1.82, 2.24) is 0 Å². The summed E-state index contributed by atoms with van der Waals surface area (Å²) in [5.41, 5.74) is 2.70. The van der Waals surface area contributed by atoms with Crippen molar-refractivity contribution in [2.75, 3.05) is 6.61 Å². The average molecular weight is 178 g/mol. The van der Waals surface area contributed by atoms with E-state index < -0.39 is 0 Å². The fourth-order valence-corrected chi connectivity index (χ4v) is 1.35. The molecule has 1 N–H and O–H groups in total. The minimum absolute atomic E-state index is 0.284. The fourth-order valence-electron chi connectivity index (χ4n) is 1.35. The van der Waals surface area contributed by atoms with Gasteiger partial charge in [0.25, 0.3) is 0 Å². The Bertz CT molecular complexity index is 236. The van der Waals surface area contributed by atoms with E-state index in [0.29, 0.717) is 5.92 Å². The van der Waals surface area contributed by atoms with Crippen molar-refractivity contribution >= 4 is 0 Å². The first-order chi connectivity index (χ1) is 6.24. The van der Waals surface area contributed by atoms with E-state index in [-0.39, 0.29) is 6.61 Å². The van der Waals surface area contributed by atoms with Crippen LogP contribution in [0.25, 0.3) is 0 Å². The van der Waals surface area contributed by atoms with Gasteiger partial charge in [-0.25, -0.2) is 0 Å². The van der Waals surface area contributed by atoms with E-state index in [4.69, 9.17) is 5.11 Å². The maximum atomic E-state index is 8.67. The lowest BCUT2D eigenvalue weighted by molar-refractivity contribution is 0.288. The van der Waals surface area contributed by atoms with Crippen LogP contribution in [0.15, 0.2) is 24.3 Å². The average Bonchev–Trinajstić information content (AvgIpc) is 2.15. The molecule has 0 aliphatic heterocycles. The summed E-state index contributed by atoms with van der Waals surface area (Å²) >= 11 is 0. The summed E-state index contributed by atoms with van der Waals surface area (Å²) in [6.07, 6.45) is 1.84. The molecule has 0 amide bonds. The Morgan fingerprint density at radius 1 is 1.15 bits per heavy atom. The zero-order valence-corrected chi connectivity index (χ0v) is 8.46. The van der Waals surface area contributed by atoms with E-state index in [2.05, 4.69) is 38.1 Å². The molecule has 1 rings (SSSR count). The summed E-state index contributed by atoms with van der Waals surface area (Å²) in [6.45, 7) is 4.68. The Labute approximate surface area is 80.4 Å². The van der Waals surface area contributed by atoms with Crippen molar-refractivity contribution in [2.45, 2.75) is 32.6 Å². The third kappa shape index (κ3) is 3.19. The number of benzene rings is 1. The van der Waals surface area contributed by atoms with Gasteiger partial charge in [-0.05, 0) is 29.9 Å². The number of aryl methyl sites for hydroxylation is 1. The van der Waals surface area contributed by atoms with Crippen LogP contribution in [0, 0.1) is 0 Å². The highest BCUT2D eigenvalue weighted by Gasteiger charge is 1.98. The Morgan fingerprint density at radius 3 is 2.23 bits per heavy atom. The predicted molar refractivity (Wildman–Crippen MR) is 55.9 cm³/mol. The maximum absolute atomic E-state index is 8.67. The van der Waals surface area contributed by atoms with Gasteiger partial charge in [0, 0.05) is 6.61 Å². The van der Waals surface area contributed by atoms with Crippen LogP contribution in [0.1, 0.15) is 37.3 Å². The smallest absolute Gasteiger partial charge is 0.0434 e. The van der Waals surface area contributed by atoms with Gasteiger partial charge in [0.15, 0.2) is 0 Å². The Kier molecular flexibility index (Phi) is 3.97. The fraction of sp³-hybridized carbons (Fsp3) is 0.500. The van der Waals surface area contributed by atoms with Crippen molar-refractivity contribution < 1.29 is 5.11 Å². The third-order valence-electron chi connectivity index (χ3n) is 2.27. The Hall–Kier alpha value is -0.820. The van der Waals surface area contributed by atoms with Crippen LogP contribution in [0.4, 0.5) is 0 Å². The second kappa shape index (κ2) is 5.03. The molecule has 1 aromatic rings. The monoisotopic (exact) mass is 178 g/mol. The summed E-state index contributed by atoms with van der Waals surface area (Å²) in [7, 11) is 0. The minimum atomic E-state index is 0.284. The quantitative estimate of drug-likeness (QED) is 0.751. The van der Waals surface area contributed by atoms with Gasteiger partial charge in [0.1, 0.15) is 0 Å². The molecule has 0 radical (unpaired) electrons. The molecule has 0 aliphatic carbocycles. The lowest BCUT2D eigenvalue weighted by Gasteiger charge is -2.06. The van der Waals surface area contributed by atoms with Crippen LogP contribution >= 0.6 is 0 Å². The van der Waals surface area contributed by atoms with Gasteiger partial charge in [0.2, 0.25) is 0 Å². The van der Waals surface area contributed by atoms with E-state index in [1.165, 1.54) is 11.1 Å². The van der Waals surface area contributed by atoms with Crippen LogP contribution in [0.2, 0.25) is 0 Å². The van der Waals surface area contributed by atoms with Gasteiger partial charge in [0.05, 0.1) is 0 Å². The summed E-state index contributed by atoms with van der Waals surface area (Å²) in [5.74, 6) is 0.604. The number of hydrogen-bond donors (Lipinski definition) is 1. The lowest BCUT2D eigenvalue weighted by atomic mass is 10.0. The van der Waals surface area contributed by atoms with Crippen molar-refractivity contribution in [3.63, 3.8) is 0 Å². The summed E-state index contributed by atoms with van der Waals surface area (Å²) in [5, 5.41) is 8.67. The van der Waals surface area contributed by atoms with Gasteiger partial charge >= 0.3 is 0 Å². The molecule has 13 heavy (non-hydrogen) atoms.